The van der Waals surface area contributed by atoms with Gasteiger partial charge in [0.25, 0.3) is 0 Å². The van der Waals surface area contributed by atoms with Crippen LogP contribution in [-0.4, -0.2) is 48.0 Å². The molecule has 0 aromatic rings. The van der Waals surface area contributed by atoms with Crippen molar-refractivity contribution in [2.24, 2.45) is 5.92 Å². The number of thioether (sulfide) groups is 1. The molecule has 2 aliphatic rings. The van der Waals surface area contributed by atoms with Crippen molar-refractivity contribution in [2.45, 2.75) is 25.8 Å². The summed E-state index contributed by atoms with van der Waals surface area (Å²) in [6.45, 7) is 5.09. The summed E-state index contributed by atoms with van der Waals surface area (Å²) >= 11 is 1.96. The summed E-state index contributed by atoms with van der Waals surface area (Å²) in [4.78, 5) is 14.3. The van der Waals surface area contributed by atoms with Gasteiger partial charge < -0.3 is 10.2 Å². The van der Waals surface area contributed by atoms with E-state index in [-0.39, 0.29) is 5.92 Å². The molecular weight excluding hydrogens is 208 g/mol. The third-order valence-corrected chi connectivity index (χ3v) is 4.24. The summed E-state index contributed by atoms with van der Waals surface area (Å²) in [5, 5.41) is 3.39. The zero-order valence-electron chi connectivity index (χ0n) is 9.37. The number of piperidine rings is 1. The summed E-state index contributed by atoms with van der Waals surface area (Å²) in [6.07, 6.45) is 2.04. The molecule has 2 rings (SSSR count). The van der Waals surface area contributed by atoms with E-state index in [1.807, 2.05) is 11.8 Å². The molecule has 2 fully saturated rings. The Morgan fingerprint density at radius 3 is 2.80 bits per heavy atom. The molecule has 0 saturated carbocycles. The zero-order valence-corrected chi connectivity index (χ0v) is 10.2. The third-order valence-electron chi connectivity index (χ3n) is 3.30. The smallest absolute Gasteiger partial charge is 0.225 e. The van der Waals surface area contributed by atoms with Crippen LogP contribution in [0.5, 0.6) is 0 Å². The summed E-state index contributed by atoms with van der Waals surface area (Å²) < 4.78 is 0. The van der Waals surface area contributed by atoms with Crippen LogP contribution in [0.1, 0.15) is 19.8 Å². The zero-order chi connectivity index (χ0) is 10.7. The first-order valence-electron chi connectivity index (χ1n) is 5.87. The van der Waals surface area contributed by atoms with Gasteiger partial charge in [0, 0.05) is 36.6 Å². The number of hydrogen-bond acceptors (Lipinski definition) is 3. The van der Waals surface area contributed by atoms with Gasteiger partial charge in [-0.2, -0.15) is 11.8 Å². The van der Waals surface area contributed by atoms with E-state index in [0.717, 1.165) is 44.0 Å². The van der Waals surface area contributed by atoms with Crippen molar-refractivity contribution in [1.29, 1.82) is 0 Å². The van der Waals surface area contributed by atoms with Crippen molar-refractivity contribution >= 4 is 17.7 Å². The highest BCUT2D eigenvalue weighted by Gasteiger charge is 2.28. The Balaban J connectivity index is 1.88. The average Bonchev–Trinajstić information content (AvgIpc) is 2.29. The normalized spacial score (nSPS) is 32.7. The van der Waals surface area contributed by atoms with Gasteiger partial charge in [0.05, 0.1) is 0 Å². The van der Waals surface area contributed by atoms with Crippen LogP contribution < -0.4 is 5.32 Å². The predicted molar refractivity (Wildman–Crippen MR) is 64.1 cm³/mol. The Bertz CT molecular complexity index is 229. The molecule has 0 radical (unpaired) electrons. The number of rotatable bonds is 1. The molecule has 3 nitrogen and oxygen atoms in total. The van der Waals surface area contributed by atoms with Crippen molar-refractivity contribution in [1.82, 2.24) is 10.2 Å². The molecule has 0 unspecified atom stereocenters. The topological polar surface area (TPSA) is 32.3 Å². The molecule has 2 saturated heterocycles. The van der Waals surface area contributed by atoms with Crippen LogP contribution >= 0.6 is 11.8 Å². The van der Waals surface area contributed by atoms with Gasteiger partial charge in [-0.25, -0.2) is 0 Å². The van der Waals surface area contributed by atoms with Gasteiger partial charge in [-0.1, -0.05) is 0 Å². The summed E-state index contributed by atoms with van der Waals surface area (Å²) in [5.74, 6) is 2.92. The van der Waals surface area contributed by atoms with E-state index < -0.39 is 0 Å². The molecule has 15 heavy (non-hydrogen) atoms. The minimum Gasteiger partial charge on any atom is -0.341 e. The number of amides is 1. The first-order chi connectivity index (χ1) is 7.27. The number of hydrogen-bond donors (Lipinski definition) is 1. The standard InChI is InChI=1S/C11H20N2OS/c1-9-8-10(2-3-12-9)11(14)13-4-6-15-7-5-13/h9-10,12H,2-8H2,1H3/t9-,10-/m0/s1. The second-order valence-corrected chi connectivity index (χ2v) is 5.74. The van der Waals surface area contributed by atoms with Crippen LogP contribution in [0.15, 0.2) is 0 Å². The van der Waals surface area contributed by atoms with Gasteiger partial charge in [0.15, 0.2) is 0 Å². The van der Waals surface area contributed by atoms with Gasteiger partial charge in [-0.15, -0.1) is 0 Å². The highest BCUT2D eigenvalue weighted by molar-refractivity contribution is 7.99. The van der Waals surface area contributed by atoms with E-state index in [9.17, 15) is 4.79 Å². The largest absolute Gasteiger partial charge is 0.341 e. The molecule has 0 aromatic carbocycles. The van der Waals surface area contributed by atoms with E-state index >= 15 is 0 Å². The molecule has 2 aliphatic heterocycles. The van der Waals surface area contributed by atoms with Gasteiger partial charge in [-0.3, -0.25) is 4.79 Å². The quantitative estimate of drug-likeness (QED) is 0.725. The first-order valence-corrected chi connectivity index (χ1v) is 7.03. The van der Waals surface area contributed by atoms with Crippen molar-refractivity contribution < 1.29 is 4.79 Å². The van der Waals surface area contributed by atoms with Crippen LogP contribution in [0.2, 0.25) is 0 Å². The van der Waals surface area contributed by atoms with Gasteiger partial charge in [0.1, 0.15) is 0 Å². The molecule has 0 spiro atoms. The van der Waals surface area contributed by atoms with Crippen LogP contribution in [0.3, 0.4) is 0 Å². The van der Waals surface area contributed by atoms with Crippen LogP contribution in [0, 0.1) is 5.92 Å². The van der Waals surface area contributed by atoms with E-state index in [0.29, 0.717) is 11.9 Å². The molecule has 86 valence electrons. The van der Waals surface area contributed by atoms with Crippen molar-refractivity contribution in [2.75, 3.05) is 31.1 Å². The SMILES string of the molecule is C[C@H]1C[C@@H](C(=O)N2CCSCC2)CCN1. The summed E-state index contributed by atoms with van der Waals surface area (Å²) in [6, 6.07) is 0.506. The van der Waals surface area contributed by atoms with Gasteiger partial charge in [-0.05, 0) is 26.3 Å². The Hall–Kier alpha value is -0.220. The molecule has 2 atom stereocenters. The summed E-state index contributed by atoms with van der Waals surface area (Å²) in [5.41, 5.74) is 0. The molecule has 0 bridgehead atoms. The van der Waals surface area contributed by atoms with Crippen LogP contribution in [0.4, 0.5) is 0 Å². The number of nitrogens with zero attached hydrogens (tertiary/aromatic N) is 1. The fraction of sp³-hybridized carbons (Fsp3) is 0.909. The fourth-order valence-electron chi connectivity index (χ4n) is 2.40. The number of carbonyl (C=O) groups is 1. The Labute approximate surface area is 96.0 Å². The maximum Gasteiger partial charge on any atom is 0.225 e. The number of nitrogens with one attached hydrogen (secondary N) is 1. The molecule has 1 N–H and O–H groups in total. The molecule has 2 heterocycles. The van der Waals surface area contributed by atoms with Crippen LogP contribution in [-0.2, 0) is 4.79 Å². The highest BCUT2D eigenvalue weighted by Crippen LogP contribution is 2.20. The minimum absolute atomic E-state index is 0.282. The highest BCUT2D eigenvalue weighted by atomic mass is 32.2. The van der Waals surface area contributed by atoms with Gasteiger partial charge in [0.2, 0.25) is 5.91 Å². The lowest BCUT2D eigenvalue weighted by atomic mass is 9.92. The van der Waals surface area contributed by atoms with Crippen LogP contribution in [0.25, 0.3) is 0 Å². The maximum atomic E-state index is 12.2. The van der Waals surface area contributed by atoms with E-state index in [1.165, 1.54) is 0 Å². The second-order valence-electron chi connectivity index (χ2n) is 4.51. The van der Waals surface area contributed by atoms with E-state index in [2.05, 4.69) is 17.1 Å². The van der Waals surface area contributed by atoms with Crippen molar-refractivity contribution in [3.05, 3.63) is 0 Å². The van der Waals surface area contributed by atoms with Gasteiger partial charge >= 0.3 is 0 Å². The maximum absolute atomic E-state index is 12.2. The lowest BCUT2D eigenvalue weighted by Crippen LogP contribution is -2.46. The monoisotopic (exact) mass is 228 g/mol. The van der Waals surface area contributed by atoms with Crippen molar-refractivity contribution in [3.63, 3.8) is 0 Å². The molecule has 4 heteroatoms. The van der Waals surface area contributed by atoms with Crippen molar-refractivity contribution in [3.8, 4) is 0 Å². The Morgan fingerprint density at radius 1 is 1.40 bits per heavy atom. The molecule has 0 aromatic heterocycles. The number of carbonyl (C=O) groups excluding carboxylic acids is 1. The van der Waals surface area contributed by atoms with E-state index in [1.54, 1.807) is 0 Å². The summed E-state index contributed by atoms with van der Waals surface area (Å²) in [7, 11) is 0. The predicted octanol–water partition coefficient (Wildman–Crippen LogP) is 0.950. The first kappa shape index (κ1) is 11.3. The van der Waals surface area contributed by atoms with E-state index in [4.69, 9.17) is 0 Å². The fourth-order valence-corrected chi connectivity index (χ4v) is 3.30. The Kier molecular flexibility index (Phi) is 3.92. The minimum atomic E-state index is 0.282. The molecular formula is C11H20N2OS. The molecule has 0 aliphatic carbocycles. The second kappa shape index (κ2) is 5.21. The Morgan fingerprint density at radius 2 is 2.13 bits per heavy atom. The lowest BCUT2D eigenvalue weighted by Gasteiger charge is -2.33. The third kappa shape index (κ3) is 2.88. The molecule has 1 amide bonds. The average molecular weight is 228 g/mol. The lowest BCUT2D eigenvalue weighted by molar-refractivity contribution is -0.136.